The van der Waals surface area contributed by atoms with Crippen molar-refractivity contribution in [3.63, 3.8) is 0 Å². The first-order valence-electron chi connectivity index (χ1n) is 19.7. The number of hydrogen-bond acceptors (Lipinski definition) is 2. The lowest BCUT2D eigenvalue weighted by Crippen LogP contribution is -2.16. The van der Waals surface area contributed by atoms with Gasteiger partial charge in [0.15, 0.2) is 0 Å². The van der Waals surface area contributed by atoms with Gasteiger partial charge in [0, 0.05) is 38.4 Å². The maximum atomic E-state index is 6.25. The molecular weight excluding hydrogens is 679 g/mol. The van der Waals surface area contributed by atoms with Gasteiger partial charge in [0.2, 0.25) is 0 Å². The van der Waals surface area contributed by atoms with Gasteiger partial charge in [0.25, 0.3) is 0 Å². The van der Waals surface area contributed by atoms with Crippen molar-refractivity contribution >= 4 is 39.0 Å². The van der Waals surface area contributed by atoms with Crippen LogP contribution >= 0.6 is 0 Å². The van der Waals surface area contributed by atoms with Crippen molar-refractivity contribution in [1.29, 1.82) is 0 Å². The van der Waals surface area contributed by atoms with Crippen LogP contribution in [0.5, 0.6) is 0 Å². The molecule has 0 amide bonds. The van der Waals surface area contributed by atoms with Gasteiger partial charge in [-0.25, -0.2) is 0 Å². The lowest BCUT2D eigenvalue weighted by molar-refractivity contribution is 0.660. The fourth-order valence-electron chi connectivity index (χ4n) is 9.82. The van der Waals surface area contributed by atoms with Crippen molar-refractivity contribution in [2.45, 2.75) is 38.5 Å². The average Bonchev–Trinajstić information content (AvgIpc) is 3.81. The highest BCUT2D eigenvalue weighted by molar-refractivity contribution is 6.07. The molecular formula is C54H41NO. The zero-order valence-corrected chi connectivity index (χ0v) is 32.1. The van der Waals surface area contributed by atoms with Crippen molar-refractivity contribution in [2.75, 3.05) is 4.90 Å². The first-order chi connectivity index (χ1) is 27.3. The van der Waals surface area contributed by atoms with Gasteiger partial charge in [-0.1, -0.05) is 155 Å². The van der Waals surface area contributed by atoms with Crippen molar-refractivity contribution in [2.24, 2.45) is 0 Å². The molecule has 268 valence electrons. The Morgan fingerprint density at radius 1 is 0.375 bits per heavy atom. The minimum atomic E-state index is -0.120. The third-order valence-corrected chi connectivity index (χ3v) is 12.7. The molecule has 9 aromatic rings. The summed E-state index contributed by atoms with van der Waals surface area (Å²) in [4.78, 5) is 2.48. The molecule has 1 heterocycles. The van der Waals surface area contributed by atoms with Gasteiger partial charge in [-0.05, 0) is 104 Å². The Kier molecular flexibility index (Phi) is 6.98. The largest absolute Gasteiger partial charge is 0.456 e. The molecule has 2 aliphatic rings. The molecule has 0 saturated heterocycles. The van der Waals surface area contributed by atoms with Crippen LogP contribution in [0.3, 0.4) is 0 Å². The van der Waals surface area contributed by atoms with E-state index < -0.39 is 0 Å². The van der Waals surface area contributed by atoms with Gasteiger partial charge >= 0.3 is 0 Å². The topological polar surface area (TPSA) is 16.4 Å². The zero-order chi connectivity index (χ0) is 37.8. The summed E-state index contributed by atoms with van der Waals surface area (Å²) < 4.78 is 6.25. The van der Waals surface area contributed by atoms with Crippen molar-refractivity contribution in [3.8, 4) is 44.5 Å². The molecule has 0 unspecified atom stereocenters. The predicted molar refractivity (Wildman–Crippen MR) is 234 cm³/mol. The number of anilines is 3. The zero-order valence-electron chi connectivity index (χ0n) is 32.1. The second-order valence-corrected chi connectivity index (χ2v) is 16.5. The number of hydrogen-bond donors (Lipinski definition) is 0. The average molecular weight is 720 g/mol. The molecule has 0 aliphatic heterocycles. The van der Waals surface area contributed by atoms with Crippen LogP contribution in [0.15, 0.2) is 180 Å². The first kappa shape index (κ1) is 32.8. The maximum absolute atomic E-state index is 6.25. The third kappa shape index (κ3) is 4.69. The van der Waals surface area contributed by atoms with E-state index >= 15 is 0 Å². The van der Waals surface area contributed by atoms with E-state index in [1.54, 1.807) is 0 Å². The van der Waals surface area contributed by atoms with E-state index in [2.05, 4.69) is 196 Å². The Morgan fingerprint density at radius 3 is 1.77 bits per heavy atom. The van der Waals surface area contributed by atoms with Gasteiger partial charge < -0.3 is 9.32 Å². The number of para-hydroxylation sites is 2. The standard InChI is InChI=1S/C54H41NO/c1-53(2)45-19-10-6-17-42(45)52-46(53)20-13-22-49(52)55(48-21-11-7-14-38(48)36-27-31-51-43(32-36)41-16-8-12-23-50(41)56-51)37-28-24-34(25-29-37)35-26-30-40-39-15-5-9-18-44(39)54(3,4)47(40)33-35/h5-33H,1-4H3. The van der Waals surface area contributed by atoms with Crippen LogP contribution in [0.4, 0.5) is 17.1 Å². The molecule has 56 heavy (non-hydrogen) atoms. The molecule has 2 heteroatoms. The molecule has 2 aliphatic carbocycles. The van der Waals surface area contributed by atoms with Gasteiger partial charge in [0.05, 0.1) is 11.4 Å². The van der Waals surface area contributed by atoms with E-state index in [4.69, 9.17) is 4.42 Å². The van der Waals surface area contributed by atoms with Crippen LogP contribution in [0, 0.1) is 0 Å². The quantitative estimate of drug-likeness (QED) is 0.176. The second-order valence-electron chi connectivity index (χ2n) is 16.5. The van der Waals surface area contributed by atoms with Crippen LogP contribution < -0.4 is 4.90 Å². The van der Waals surface area contributed by atoms with Gasteiger partial charge in [0.1, 0.15) is 11.2 Å². The third-order valence-electron chi connectivity index (χ3n) is 12.7. The summed E-state index contributed by atoms with van der Waals surface area (Å²) in [5.74, 6) is 0. The monoisotopic (exact) mass is 719 g/mol. The molecule has 0 atom stereocenters. The van der Waals surface area contributed by atoms with Crippen LogP contribution in [0.2, 0.25) is 0 Å². The minimum Gasteiger partial charge on any atom is -0.456 e. The molecule has 8 aromatic carbocycles. The summed E-state index contributed by atoms with van der Waals surface area (Å²) in [6.45, 7) is 9.42. The summed E-state index contributed by atoms with van der Waals surface area (Å²) >= 11 is 0. The van der Waals surface area contributed by atoms with E-state index in [0.29, 0.717) is 0 Å². The number of furan rings is 1. The fourth-order valence-corrected chi connectivity index (χ4v) is 9.82. The highest BCUT2D eigenvalue weighted by atomic mass is 16.3. The SMILES string of the molecule is CC1(C)c2ccccc2-c2ccc(-c3ccc(N(c4ccccc4-c4ccc5oc6ccccc6c5c4)c4cccc5c4-c4ccccc4C5(C)C)cc3)cc21. The lowest BCUT2D eigenvalue weighted by atomic mass is 9.81. The van der Waals surface area contributed by atoms with Crippen LogP contribution in [-0.4, -0.2) is 0 Å². The molecule has 0 spiro atoms. The molecule has 2 nitrogen and oxygen atoms in total. The number of nitrogens with zero attached hydrogens (tertiary/aromatic N) is 1. The van der Waals surface area contributed by atoms with E-state index in [1.807, 2.05) is 12.1 Å². The van der Waals surface area contributed by atoms with Crippen molar-refractivity contribution in [1.82, 2.24) is 0 Å². The molecule has 0 bridgehead atoms. The summed E-state index contributed by atoms with van der Waals surface area (Å²) in [6, 6.07) is 64.7. The molecule has 0 saturated carbocycles. The van der Waals surface area contributed by atoms with Gasteiger partial charge in [-0.3, -0.25) is 0 Å². The Bertz CT molecular complexity index is 3030. The number of fused-ring (bicyclic) bond motifs is 9. The van der Waals surface area contributed by atoms with Crippen LogP contribution in [0.1, 0.15) is 49.9 Å². The number of benzene rings is 8. The molecule has 1 aromatic heterocycles. The fraction of sp³-hybridized carbons (Fsp3) is 0.111. The summed E-state index contributed by atoms with van der Waals surface area (Å²) in [5, 5.41) is 2.26. The van der Waals surface area contributed by atoms with Gasteiger partial charge in [-0.2, -0.15) is 0 Å². The normalized spacial score (nSPS) is 14.4. The highest BCUT2D eigenvalue weighted by Crippen LogP contribution is 2.55. The Labute approximate surface area is 328 Å². The lowest BCUT2D eigenvalue weighted by Gasteiger charge is -2.30. The predicted octanol–water partition coefficient (Wildman–Crippen LogP) is 15.0. The smallest absolute Gasteiger partial charge is 0.135 e. The molecule has 0 radical (unpaired) electrons. The van der Waals surface area contributed by atoms with E-state index in [-0.39, 0.29) is 10.8 Å². The molecule has 0 fully saturated rings. The summed E-state index contributed by atoms with van der Waals surface area (Å²) in [6.07, 6.45) is 0. The second kappa shape index (κ2) is 11.9. The first-order valence-corrected chi connectivity index (χ1v) is 19.7. The van der Waals surface area contributed by atoms with Crippen molar-refractivity contribution in [3.05, 3.63) is 198 Å². The summed E-state index contributed by atoms with van der Waals surface area (Å²) in [7, 11) is 0. The Hall–Kier alpha value is -6.64. The van der Waals surface area contributed by atoms with E-state index in [0.717, 1.165) is 44.4 Å². The Balaban J connectivity index is 1.09. The Morgan fingerprint density at radius 2 is 0.946 bits per heavy atom. The summed E-state index contributed by atoms with van der Waals surface area (Å²) in [5.41, 5.74) is 20.6. The van der Waals surface area contributed by atoms with Gasteiger partial charge in [-0.15, -0.1) is 0 Å². The molecule has 11 rings (SSSR count). The van der Waals surface area contributed by atoms with E-state index in [1.165, 1.54) is 61.3 Å². The van der Waals surface area contributed by atoms with Crippen LogP contribution in [-0.2, 0) is 10.8 Å². The highest BCUT2D eigenvalue weighted by Gasteiger charge is 2.38. The maximum Gasteiger partial charge on any atom is 0.135 e. The van der Waals surface area contributed by atoms with Crippen LogP contribution in [0.25, 0.3) is 66.4 Å². The van der Waals surface area contributed by atoms with E-state index in [9.17, 15) is 0 Å². The molecule has 0 N–H and O–H groups in total. The van der Waals surface area contributed by atoms with Crippen molar-refractivity contribution < 1.29 is 4.42 Å². The number of rotatable bonds is 5. The minimum absolute atomic E-state index is 0.0497.